The van der Waals surface area contributed by atoms with Crippen LogP contribution >= 0.6 is 15.9 Å². The maximum atomic E-state index is 9.28. The first kappa shape index (κ1) is 16.8. The van der Waals surface area contributed by atoms with E-state index in [2.05, 4.69) is 39.8 Å². The molecule has 0 aliphatic heterocycles. The Kier molecular flexibility index (Phi) is 6.81. The highest BCUT2D eigenvalue weighted by atomic mass is 79.9. The first-order chi connectivity index (χ1) is 9.58. The fourth-order valence-corrected chi connectivity index (χ4v) is 2.90. The van der Waals surface area contributed by atoms with E-state index in [1.807, 2.05) is 18.2 Å². The van der Waals surface area contributed by atoms with Gasteiger partial charge in [0.15, 0.2) is 5.84 Å². The Balaban J connectivity index is 3.14. The zero-order chi connectivity index (χ0) is 15.1. The van der Waals surface area contributed by atoms with Gasteiger partial charge < -0.3 is 20.9 Å². The topological polar surface area (TPSA) is 82.1 Å². The van der Waals surface area contributed by atoms with Gasteiger partial charge in [-0.15, -0.1) is 0 Å². The zero-order valence-corrected chi connectivity index (χ0v) is 13.5. The minimum absolute atomic E-state index is 0.0773. The van der Waals surface area contributed by atoms with E-state index in [0.717, 1.165) is 23.0 Å². The number of amidine groups is 1. The van der Waals surface area contributed by atoms with Gasteiger partial charge in [-0.2, -0.15) is 0 Å². The number of hydrogen-bond donors (Lipinski definition) is 3. The van der Waals surface area contributed by atoms with Crippen LogP contribution in [0.25, 0.3) is 0 Å². The van der Waals surface area contributed by atoms with Crippen LogP contribution in [0.2, 0.25) is 0 Å². The summed E-state index contributed by atoms with van der Waals surface area (Å²) in [5, 5.41) is 21.0. The molecule has 0 saturated carbocycles. The molecule has 0 aliphatic rings. The van der Waals surface area contributed by atoms with Crippen molar-refractivity contribution >= 4 is 27.5 Å². The van der Waals surface area contributed by atoms with E-state index in [-0.39, 0.29) is 12.4 Å². The quantitative estimate of drug-likeness (QED) is 0.307. The van der Waals surface area contributed by atoms with Crippen molar-refractivity contribution in [3.05, 3.63) is 28.2 Å². The first-order valence-corrected chi connectivity index (χ1v) is 7.53. The molecule has 0 radical (unpaired) electrons. The maximum absolute atomic E-state index is 9.28. The molecule has 1 aromatic rings. The minimum Gasteiger partial charge on any atom is -0.409 e. The van der Waals surface area contributed by atoms with E-state index in [1.165, 1.54) is 0 Å². The molecule has 0 aromatic heterocycles. The lowest BCUT2D eigenvalue weighted by atomic mass is 10.1. The van der Waals surface area contributed by atoms with Crippen LogP contribution in [0.5, 0.6) is 0 Å². The van der Waals surface area contributed by atoms with E-state index in [0.29, 0.717) is 18.2 Å². The Hall–Kier alpha value is -1.27. The standard InChI is InChI=1S/C14H22BrN3O2/c1-3-11(4-2)18(7-8-19)13-6-5-10(9-12(13)15)14(16)17-20/h5-6,9,11,19-20H,3-4,7-8H2,1-2H3,(H2,16,17). The second kappa shape index (κ2) is 8.11. The van der Waals surface area contributed by atoms with Gasteiger partial charge in [0.25, 0.3) is 0 Å². The molecule has 0 aliphatic carbocycles. The Labute approximate surface area is 128 Å². The van der Waals surface area contributed by atoms with Crippen molar-refractivity contribution in [3.63, 3.8) is 0 Å². The third-order valence-corrected chi connectivity index (χ3v) is 4.02. The number of anilines is 1. The Bertz CT molecular complexity index is 462. The van der Waals surface area contributed by atoms with E-state index in [4.69, 9.17) is 10.9 Å². The minimum atomic E-state index is 0.0773. The number of aliphatic hydroxyl groups is 1. The van der Waals surface area contributed by atoms with Gasteiger partial charge in [0.05, 0.1) is 12.3 Å². The van der Waals surface area contributed by atoms with Crippen LogP contribution in [-0.4, -0.2) is 35.3 Å². The molecular weight excluding hydrogens is 322 g/mol. The van der Waals surface area contributed by atoms with E-state index in [1.54, 1.807) is 0 Å². The van der Waals surface area contributed by atoms with Crippen LogP contribution in [0.15, 0.2) is 27.8 Å². The van der Waals surface area contributed by atoms with Gasteiger partial charge in [-0.25, -0.2) is 0 Å². The molecule has 0 fully saturated rings. The van der Waals surface area contributed by atoms with Crippen LogP contribution in [0.4, 0.5) is 5.69 Å². The molecule has 0 spiro atoms. The third kappa shape index (κ3) is 3.86. The van der Waals surface area contributed by atoms with Crippen molar-refractivity contribution in [3.8, 4) is 0 Å². The fraction of sp³-hybridized carbons (Fsp3) is 0.500. The van der Waals surface area contributed by atoms with Crippen molar-refractivity contribution in [2.45, 2.75) is 32.7 Å². The summed E-state index contributed by atoms with van der Waals surface area (Å²) < 4.78 is 0.863. The van der Waals surface area contributed by atoms with Crippen LogP contribution in [0.1, 0.15) is 32.3 Å². The molecule has 6 heteroatoms. The fourth-order valence-electron chi connectivity index (χ4n) is 2.29. The molecule has 4 N–H and O–H groups in total. The predicted octanol–water partition coefficient (Wildman–Crippen LogP) is 2.53. The van der Waals surface area contributed by atoms with Gasteiger partial charge in [-0.1, -0.05) is 19.0 Å². The van der Waals surface area contributed by atoms with Gasteiger partial charge in [-0.3, -0.25) is 0 Å². The molecule has 1 rings (SSSR count). The highest BCUT2D eigenvalue weighted by Crippen LogP contribution is 2.30. The normalized spacial score (nSPS) is 11.9. The van der Waals surface area contributed by atoms with Crippen molar-refractivity contribution in [1.29, 1.82) is 0 Å². The van der Waals surface area contributed by atoms with Crippen LogP contribution < -0.4 is 10.6 Å². The summed E-state index contributed by atoms with van der Waals surface area (Å²) in [5.41, 5.74) is 7.24. The molecule has 0 saturated heterocycles. The molecular formula is C14H22BrN3O2. The zero-order valence-electron chi connectivity index (χ0n) is 11.9. The average molecular weight is 344 g/mol. The van der Waals surface area contributed by atoms with E-state index in [9.17, 15) is 5.11 Å². The smallest absolute Gasteiger partial charge is 0.170 e. The van der Waals surface area contributed by atoms with Crippen molar-refractivity contribution in [1.82, 2.24) is 0 Å². The van der Waals surface area contributed by atoms with Gasteiger partial charge in [0.2, 0.25) is 0 Å². The monoisotopic (exact) mass is 343 g/mol. The molecule has 20 heavy (non-hydrogen) atoms. The van der Waals surface area contributed by atoms with Crippen LogP contribution in [-0.2, 0) is 0 Å². The second-order valence-corrected chi connectivity index (χ2v) is 5.39. The molecule has 5 nitrogen and oxygen atoms in total. The summed E-state index contributed by atoms with van der Waals surface area (Å²) in [6.07, 6.45) is 2.01. The molecule has 0 amide bonds. The average Bonchev–Trinajstić information content (AvgIpc) is 2.46. The number of rotatable bonds is 7. The lowest BCUT2D eigenvalue weighted by Gasteiger charge is -2.33. The van der Waals surface area contributed by atoms with Gasteiger partial charge in [0, 0.05) is 22.6 Å². The maximum Gasteiger partial charge on any atom is 0.170 e. The molecule has 112 valence electrons. The molecule has 0 atom stereocenters. The summed E-state index contributed by atoms with van der Waals surface area (Å²) in [5.74, 6) is 0.0773. The molecule has 1 aromatic carbocycles. The van der Waals surface area contributed by atoms with Crippen LogP contribution in [0.3, 0.4) is 0 Å². The second-order valence-electron chi connectivity index (χ2n) is 4.54. The lowest BCUT2D eigenvalue weighted by molar-refractivity contribution is 0.296. The molecule has 0 heterocycles. The van der Waals surface area contributed by atoms with Gasteiger partial charge >= 0.3 is 0 Å². The summed E-state index contributed by atoms with van der Waals surface area (Å²) >= 11 is 3.53. The first-order valence-electron chi connectivity index (χ1n) is 6.73. The summed E-state index contributed by atoms with van der Waals surface area (Å²) in [4.78, 5) is 2.18. The third-order valence-electron chi connectivity index (χ3n) is 3.38. The number of nitrogens with two attached hydrogens (primary N) is 1. The number of benzene rings is 1. The number of oxime groups is 1. The van der Waals surface area contributed by atoms with Gasteiger partial charge in [0.1, 0.15) is 0 Å². The van der Waals surface area contributed by atoms with Crippen LogP contribution in [0, 0.1) is 0 Å². The Morgan fingerprint density at radius 3 is 2.50 bits per heavy atom. The largest absolute Gasteiger partial charge is 0.409 e. The van der Waals surface area contributed by atoms with Crippen molar-refractivity contribution < 1.29 is 10.3 Å². The Morgan fingerprint density at radius 1 is 1.40 bits per heavy atom. The Morgan fingerprint density at radius 2 is 2.05 bits per heavy atom. The van der Waals surface area contributed by atoms with Crippen molar-refractivity contribution in [2.24, 2.45) is 10.9 Å². The summed E-state index contributed by atoms with van der Waals surface area (Å²) in [7, 11) is 0. The van der Waals surface area contributed by atoms with E-state index < -0.39 is 0 Å². The summed E-state index contributed by atoms with van der Waals surface area (Å²) in [6.45, 7) is 4.95. The lowest BCUT2D eigenvalue weighted by Crippen LogP contribution is -2.37. The van der Waals surface area contributed by atoms with Crippen molar-refractivity contribution in [2.75, 3.05) is 18.1 Å². The summed E-state index contributed by atoms with van der Waals surface area (Å²) in [6, 6.07) is 5.91. The number of nitrogens with zero attached hydrogens (tertiary/aromatic N) is 2. The highest BCUT2D eigenvalue weighted by molar-refractivity contribution is 9.10. The number of hydrogen-bond acceptors (Lipinski definition) is 4. The number of aliphatic hydroxyl groups excluding tert-OH is 1. The predicted molar refractivity (Wildman–Crippen MR) is 85.5 cm³/mol. The van der Waals surface area contributed by atoms with Gasteiger partial charge in [-0.05, 0) is 47.0 Å². The van der Waals surface area contributed by atoms with E-state index >= 15 is 0 Å². The number of halogens is 1. The molecule has 0 unspecified atom stereocenters. The molecule has 0 bridgehead atoms. The SMILES string of the molecule is CCC(CC)N(CCO)c1ccc(/C(N)=N/O)cc1Br. The highest BCUT2D eigenvalue weighted by Gasteiger charge is 2.18.